The lowest BCUT2D eigenvalue weighted by Gasteiger charge is -2.39. The summed E-state index contributed by atoms with van der Waals surface area (Å²) < 4.78 is 31.7. The van der Waals surface area contributed by atoms with Crippen molar-refractivity contribution >= 4 is 14.1 Å². The van der Waals surface area contributed by atoms with E-state index in [-0.39, 0.29) is 22.7 Å². The minimum atomic E-state index is -2.04. The van der Waals surface area contributed by atoms with Gasteiger partial charge in [0.25, 0.3) is 0 Å². The van der Waals surface area contributed by atoms with Crippen LogP contribution in [-0.4, -0.2) is 21.2 Å². The molecule has 0 saturated heterocycles. The van der Waals surface area contributed by atoms with Gasteiger partial charge in [0.15, 0.2) is 14.1 Å². The van der Waals surface area contributed by atoms with Gasteiger partial charge in [0.05, 0.1) is 18.8 Å². The molecule has 0 bridgehead atoms. The number of halogens is 1. The number of hydrogen-bond donors (Lipinski definition) is 0. The topological polar surface area (TPSA) is 44.8 Å². The fraction of sp³-hybridized carbons (Fsp3) is 0.406. The maximum Gasteiger partial charge on any atom is 0.192 e. The van der Waals surface area contributed by atoms with Crippen molar-refractivity contribution in [2.24, 2.45) is 0 Å². The van der Waals surface area contributed by atoms with E-state index in [1.165, 1.54) is 12.1 Å². The number of carbonyl (C=O) groups excluding carboxylic acids is 1. The Balaban J connectivity index is 1.65. The van der Waals surface area contributed by atoms with E-state index >= 15 is 0 Å². The molecule has 3 aromatic rings. The van der Waals surface area contributed by atoms with Gasteiger partial charge in [0, 0.05) is 12.5 Å². The number of ether oxygens (including phenoxy) is 2. The molecule has 0 saturated carbocycles. The second-order valence-corrected chi connectivity index (χ2v) is 16.0. The van der Waals surface area contributed by atoms with Crippen molar-refractivity contribution in [3.63, 3.8) is 0 Å². The molecule has 6 heteroatoms. The molecule has 1 atom stereocenters. The molecule has 0 aliphatic heterocycles. The van der Waals surface area contributed by atoms with Crippen molar-refractivity contribution in [2.75, 3.05) is 7.11 Å². The van der Waals surface area contributed by atoms with Crippen molar-refractivity contribution in [3.8, 4) is 11.5 Å². The number of ketones is 1. The van der Waals surface area contributed by atoms with Crippen molar-refractivity contribution in [1.29, 1.82) is 0 Å². The third-order valence-electron chi connectivity index (χ3n) is 7.33. The Kier molecular flexibility index (Phi) is 10.3. The van der Waals surface area contributed by atoms with E-state index < -0.39 is 8.32 Å². The highest BCUT2D eigenvalue weighted by atomic mass is 28.4. The first-order chi connectivity index (χ1) is 18.0. The molecule has 0 aromatic heterocycles. The molecule has 0 fully saturated rings. The first-order valence-corrected chi connectivity index (χ1v) is 16.2. The van der Waals surface area contributed by atoms with Gasteiger partial charge in [-0.25, -0.2) is 4.39 Å². The summed E-state index contributed by atoms with van der Waals surface area (Å²) in [6.07, 6.45) is 2.59. The summed E-state index contributed by atoms with van der Waals surface area (Å²) in [5.74, 6) is 0.966. The summed E-state index contributed by atoms with van der Waals surface area (Å²) in [5, 5.41) is 0.0613. The zero-order valence-electron chi connectivity index (χ0n) is 23.6. The number of methoxy groups -OCH3 is 1. The zero-order chi connectivity index (χ0) is 27.8. The molecule has 0 radical (unpaired) electrons. The van der Waals surface area contributed by atoms with Gasteiger partial charge in [0.2, 0.25) is 0 Å². The average molecular weight is 537 g/mol. The van der Waals surface area contributed by atoms with E-state index in [1.807, 2.05) is 42.5 Å². The highest BCUT2D eigenvalue weighted by Gasteiger charge is 2.39. The van der Waals surface area contributed by atoms with Crippen LogP contribution in [0.3, 0.4) is 0 Å². The predicted molar refractivity (Wildman–Crippen MR) is 154 cm³/mol. The molecule has 204 valence electrons. The Labute approximate surface area is 228 Å². The van der Waals surface area contributed by atoms with Gasteiger partial charge in [-0.15, -0.1) is 0 Å². The Hall–Kier alpha value is -2.96. The molecule has 4 nitrogen and oxygen atoms in total. The molecule has 3 rings (SSSR count). The second kappa shape index (κ2) is 13.2. The molecular formula is C32H41FO4Si. The van der Waals surface area contributed by atoms with E-state index in [9.17, 15) is 9.18 Å². The lowest BCUT2D eigenvalue weighted by molar-refractivity contribution is 0.0971. The maximum atomic E-state index is 13.6. The lowest BCUT2D eigenvalue weighted by Crippen LogP contribution is -2.41. The van der Waals surface area contributed by atoms with Gasteiger partial charge in [-0.2, -0.15) is 0 Å². The highest BCUT2D eigenvalue weighted by molar-refractivity contribution is 6.74. The fourth-order valence-corrected chi connectivity index (χ4v) is 5.29. The van der Waals surface area contributed by atoms with Crippen molar-refractivity contribution in [3.05, 3.63) is 95.3 Å². The van der Waals surface area contributed by atoms with Crippen LogP contribution in [0.25, 0.3) is 0 Å². The van der Waals surface area contributed by atoms with Crippen LogP contribution in [0.2, 0.25) is 18.1 Å². The van der Waals surface area contributed by atoms with Gasteiger partial charge in [0.1, 0.15) is 23.9 Å². The normalized spacial score (nSPS) is 12.7. The molecule has 38 heavy (non-hydrogen) atoms. The fourth-order valence-electron chi connectivity index (χ4n) is 3.97. The highest BCUT2D eigenvalue weighted by Crippen LogP contribution is 2.41. The molecular weight excluding hydrogens is 495 g/mol. The third kappa shape index (κ3) is 8.27. The number of hydrogen-bond acceptors (Lipinski definition) is 4. The van der Waals surface area contributed by atoms with Crippen LogP contribution >= 0.6 is 0 Å². The average Bonchev–Trinajstić information content (AvgIpc) is 2.89. The minimum absolute atomic E-state index is 0.0411. The largest absolute Gasteiger partial charge is 0.497 e. The Morgan fingerprint density at radius 1 is 0.947 bits per heavy atom. The molecule has 0 aliphatic rings. The molecule has 0 heterocycles. The van der Waals surface area contributed by atoms with E-state index in [1.54, 1.807) is 25.3 Å². The van der Waals surface area contributed by atoms with Gasteiger partial charge < -0.3 is 13.9 Å². The maximum absolute atomic E-state index is 13.6. The van der Waals surface area contributed by atoms with Crippen LogP contribution in [-0.2, 0) is 11.0 Å². The zero-order valence-corrected chi connectivity index (χ0v) is 24.6. The molecule has 0 aliphatic carbocycles. The lowest BCUT2D eigenvalue weighted by atomic mass is 10.00. The van der Waals surface area contributed by atoms with Gasteiger partial charge >= 0.3 is 0 Å². The number of benzene rings is 3. The predicted octanol–water partition coefficient (Wildman–Crippen LogP) is 8.92. The van der Waals surface area contributed by atoms with Gasteiger partial charge in [-0.05, 0) is 66.4 Å². The van der Waals surface area contributed by atoms with Crippen LogP contribution in [0.4, 0.5) is 4.39 Å². The molecule has 3 aromatic carbocycles. The SMILES string of the molecule is COc1ccc(C(=O)CCCC[C@H](O[Si](C)(C)C(C)(C)C)c2ccc(F)cc2)c(OCc2ccccc2)c1. The van der Waals surface area contributed by atoms with E-state index in [2.05, 4.69) is 33.9 Å². The number of carbonyl (C=O) groups is 1. The minimum Gasteiger partial charge on any atom is -0.497 e. The summed E-state index contributed by atoms with van der Waals surface area (Å²) in [6.45, 7) is 11.5. The Bertz CT molecular complexity index is 1170. The first kappa shape index (κ1) is 29.6. The molecule has 0 spiro atoms. The van der Waals surface area contributed by atoms with E-state index in [0.717, 1.165) is 30.4 Å². The van der Waals surface area contributed by atoms with Crippen molar-refractivity contribution < 1.29 is 23.1 Å². The number of rotatable bonds is 13. The standard InChI is InChI=1S/C32H41FO4Si/c1-32(2,3)38(5,6)37-30(25-16-18-26(33)19-17-25)15-11-10-14-29(34)28-21-20-27(35-4)22-31(28)36-23-24-12-8-7-9-13-24/h7-9,12-13,16-22,30H,10-11,14-15,23H2,1-6H3/t30-/m0/s1. The van der Waals surface area contributed by atoms with E-state index in [0.29, 0.717) is 30.1 Å². The molecule has 0 unspecified atom stereocenters. The van der Waals surface area contributed by atoms with Crippen LogP contribution in [0.15, 0.2) is 72.8 Å². The number of Topliss-reactive ketones (excluding diaryl/α,β-unsaturated/α-hetero) is 1. The smallest absolute Gasteiger partial charge is 0.192 e. The quantitative estimate of drug-likeness (QED) is 0.124. The summed E-state index contributed by atoms with van der Waals surface area (Å²) >= 11 is 0. The van der Waals surface area contributed by atoms with Crippen LogP contribution in [0.5, 0.6) is 11.5 Å². The van der Waals surface area contributed by atoms with Crippen LogP contribution in [0.1, 0.15) is 74.0 Å². The summed E-state index contributed by atoms with van der Waals surface area (Å²) in [6, 6.07) is 21.8. The Morgan fingerprint density at radius 3 is 2.26 bits per heavy atom. The third-order valence-corrected chi connectivity index (χ3v) is 11.8. The Morgan fingerprint density at radius 2 is 1.63 bits per heavy atom. The van der Waals surface area contributed by atoms with Crippen molar-refractivity contribution in [1.82, 2.24) is 0 Å². The second-order valence-electron chi connectivity index (χ2n) is 11.2. The monoisotopic (exact) mass is 536 g/mol. The summed E-state index contributed by atoms with van der Waals surface area (Å²) in [5.41, 5.74) is 2.57. The van der Waals surface area contributed by atoms with E-state index in [4.69, 9.17) is 13.9 Å². The molecule has 0 amide bonds. The van der Waals surface area contributed by atoms with Gasteiger partial charge in [-0.1, -0.05) is 69.7 Å². The van der Waals surface area contributed by atoms with Crippen molar-refractivity contribution in [2.45, 2.75) is 77.3 Å². The van der Waals surface area contributed by atoms with Gasteiger partial charge in [-0.3, -0.25) is 4.79 Å². The molecule has 0 N–H and O–H groups in total. The number of unbranched alkanes of at least 4 members (excludes halogenated alkanes) is 1. The summed E-state index contributed by atoms with van der Waals surface area (Å²) in [4.78, 5) is 13.2. The van der Waals surface area contributed by atoms with Crippen LogP contribution in [0, 0.1) is 5.82 Å². The summed E-state index contributed by atoms with van der Waals surface area (Å²) in [7, 11) is -0.443. The first-order valence-electron chi connectivity index (χ1n) is 13.3. The van der Waals surface area contributed by atoms with Crippen LogP contribution < -0.4 is 9.47 Å².